The van der Waals surface area contributed by atoms with Crippen LogP contribution >= 0.6 is 0 Å². The van der Waals surface area contributed by atoms with Crippen molar-refractivity contribution in [1.29, 1.82) is 0 Å². The Morgan fingerprint density at radius 3 is 2.61 bits per heavy atom. The van der Waals surface area contributed by atoms with Crippen molar-refractivity contribution in [2.24, 2.45) is 4.40 Å². The number of benzene rings is 2. The van der Waals surface area contributed by atoms with Crippen LogP contribution in [-0.2, 0) is 14.8 Å². The van der Waals surface area contributed by atoms with E-state index in [0.717, 1.165) is 19.3 Å². The van der Waals surface area contributed by atoms with Crippen LogP contribution in [0.25, 0.3) is 0 Å². The maximum atomic E-state index is 13.1. The molecule has 0 unspecified atom stereocenters. The topological polar surface area (TPSA) is 111 Å². The van der Waals surface area contributed by atoms with Crippen molar-refractivity contribution in [3.8, 4) is 0 Å². The molecule has 0 radical (unpaired) electrons. The van der Waals surface area contributed by atoms with Gasteiger partial charge in [-0.1, -0.05) is 30.3 Å². The van der Waals surface area contributed by atoms with E-state index < -0.39 is 10.0 Å². The Morgan fingerprint density at radius 2 is 1.82 bits per heavy atom. The first-order valence-electron chi connectivity index (χ1n) is 10.9. The molecule has 2 aliphatic rings. The number of carbonyl (C=O) groups excluding carboxylic acids is 2. The van der Waals surface area contributed by atoms with E-state index in [-0.39, 0.29) is 35.3 Å². The Bertz CT molecular complexity index is 1170. The quantitative estimate of drug-likeness (QED) is 0.698. The van der Waals surface area contributed by atoms with Gasteiger partial charge in [0.25, 0.3) is 10.0 Å². The summed E-state index contributed by atoms with van der Waals surface area (Å²) in [4.78, 5) is 28.9. The first-order chi connectivity index (χ1) is 15.8. The maximum absolute atomic E-state index is 13.1. The molecule has 1 saturated heterocycles. The number of nitrogens with zero attached hydrogens (tertiary/aromatic N) is 3. The highest BCUT2D eigenvalue weighted by Crippen LogP contribution is 2.27. The van der Waals surface area contributed by atoms with Gasteiger partial charge in [-0.2, -0.15) is 8.42 Å². The number of rotatable bonds is 5. The van der Waals surface area contributed by atoms with Crippen LogP contribution in [0.5, 0.6) is 0 Å². The number of amides is 3. The average Bonchev–Trinajstić information content (AvgIpc) is 3.10. The third kappa shape index (κ3) is 5.16. The Balaban J connectivity index is 1.38. The minimum Gasteiger partial charge on any atom is -0.349 e. The van der Waals surface area contributed by atoms with Gasteiger partial charge in [0.1, 0.15) is 4.90 Å². The van der Waals surface area contributed by atoms with Crippen LogP contribution in [-0.4, -0.2) is 68.7 Å². The predicted molar refractivity (Wildman–Crippen MR) is 126 cm³/mol. The van der Waals surface area contributed by atoms with Crippen molar-refractivity contribution in [3.05, 3.63) is 60.2 Å². The van der Waals surface area contributed by atoms with Gasteiger partial charge in [0, 0.05) is 37.4 Å². The second-order valence-electron chi connectivity index (χ2n) is 8.18. The van der Waals surface area contributed by atoms with E-state index in [0.29, 0.717) is 24.3 Å². The van der Waals surface area contributed by atoms with Crippen molar-refractivity contribution in [3.63, 3.8) is 0 Å². The highest BCUT2D eigenvalue weighted by Gasteiger charge is 2.33. The van der Waals surface area contributed by atoms with Crippen molar-refractivity contribution in [1.82, 2.24) is 15.1 Å². The summed E-state index contributed by atoms with van der Waals surface area (Å²) in [5.41, 5.74) is 1.20. The number of urea groups is 1. The molecular formula is C23H27N5O4S. The van der Waals surface area contributed by atoms with Crippen LogP contribution in [0.2, 0.25) is 0 Å². The van der Waals surface area contributed by atoms with Gasteiger partial charge in [0.2, 0.25) is 5.91 Å². The molecular weight excluding hydrogens is 442 g/mol. The fraction of sp³-hybridized carbons (Fsp3) is 0.348. The fourth-order valence-corrected chi connectivity index (χ4v) is 5.43. The number of sulfonamides is 1. The van der Waals surface area contributed by atoms with E-state index in [9.17, 15) is 18.0 Å². The maximum Gasteiger partial charge on any atom is 0.319 e. The molecule has 174 valence electrons. The molecule has 0 spiro atoms. The fourth-order valence-electron chi connectivity index (χ4n) is 4.18. The molecule has 33 heavy (non-hydrogen) atoms. The number of piperidine rings is 1. The van der Waals surface area contributed by atoms with Crippen molar-refractivity contribution in [2.75, 3.05) is 32.0 Å². The lowest BCUT2D eigenvalue weighted by Crippen LogP contribution is -2.52. The number of anilines is 1. The summed E-state index contributed by atoms with van der Waals surface area (Å²) in [6.07, 6.45) is 2.66. The zero-order valence-corrected chi connectivity index (χ0v) is 19.2. The number of para-hydroxylation sites is 1. The van der Waals surface area contributed by atoms with Crippen LogP contribution in [0.3, 0.4) is 0 Å². The summed E-state index contributed by atoms with van der Waals surface area (Å²) >= 11 is 0. The van der Waals surface area contributed by atoms with Gasteiger partial charge in [0.15, 0.2) is 5.84 Å². The second-order valence-corrected chi connectivity index (χ2v) is 9.75. The van der Waals surface area contributed by atoms with Gasteiger partial charge >= 0.3 is 6.03 Å². The summed E-state index contributed by atoms with van der Waals surface area (Å²) < 4.78 is 28.5. The van der Waals surface area contributed by atoms with E-state index in [1.54, 1.807) is 47.2 Å². The van der Waals surface area contributed by atoms with Gasteiger partial charge in [0.05, 0.1) is 6.54 Å². The molecule has 3 amide bonds. The highest BCUT2D eigenvalue weighted by atomic mass is 32.2. The molecule has 0 aliphatic carbocycles. The summed E-state index contributed by atoms with van der Waals surface area (Å²) in [7, 11) is -2.08. The third-order valence-electron chi connectivity index (χ3n) is 5.82. The predicted octanol–water partition coefficient (Wildman–Crippen LogP) is 2.27. The number of likely N-dealkylation sites (tertiary alicyclic amines) is 1. The number of carbonyl (C=O) groups is 2. The molecule has 0 bridgehead atoms. The Hall–Kier alpha value is -3.40. The second kappa shape index (κ2) is 9.62. The normalized spacial score (nSPS) is 18.8. The van der Waals surface area contributed by atoms with Crippen LogP contribution in [0.1, 0.15) is 24.8 Å². The number of hydrogen-bond donors (Lipinski definition) is 2. The van der Waals surface area contributed by atoms with Gasteiger partial charge in [-0.15, -0.1) is 4.40 Å². The Morgan fingerprint density at radius 1 is 1.09 bits per heavy atom. The van der Waals surface area contributed by atoms with Crippen LogP contribution < -0.4 is 10.6 Å². The molecule has 2 aromatic carbocycles. The standard InChI is InChI=1S/C23H27N5O4S/c1-27(22-19-12-5-6-13-20(19)33(31,32)26-22)16-21(29)28-14-8-7-11-18(28)15-24-23(30)25-17-9-3-2-4-10-17/h2-6,9-10,12-13,18H,7-8,11,14-16H2,1H3,(H2,24,25,30)/t18-/m1/s1. The molecule has 2 heterocycles. The van der Waals surface area contributed by atoms with Crippen LogP contribution in [0, 0.1) is 0 Å². The molecule has 9 nitrogen and oxygen atoms in total. The number of amidine groups is 1. The molecule has 2 N–H and O–H groups in total. The van der Waals surface area contributed by atoms with Gasteiger partial charge in [-0.05, 0) is 43.5 Å². The number of nitrogens with one attached hydrogen (secondary N) is 2. The Labute approximate surface area is 193 Å². The summed E-state index contributed by atoms with van der Waals surface area (Å²) in [5.74, 6) is 0.143. The first-order valence-corrected chi connectivity index (χ1v) is 12.3. The van der Waals surface area contributed by atoms with Gasteiger partial charge in [-0.3, -0.25) is 4.79 Å². The molecule has 2 aliphatic heterocycles. The van der Waals surface area contributed by atoms with Gasteiger partial charge < -0.3 is 20.4 Å². The average molecular weight is 470 g/mol. The molecule has 2 aromatic rings. The largest absolute Gasteiger partial charge is 0.349 e. The minimum absolute atomic E-state index is 0.00456. The molecule has 4 rings (SSSR count). The van der Waals surface area contributed by atoms with E-state index in [1.165, 1.54) is 6.07 Å². The zero-order valence-electron chi connectivity index (χ0n) is 18.4. The monoisotopic (exact) mass is 469 g/mol. The summed E-state index contributed by atoms with van der Waals surface area (Å²) in [6.45, 7) is 0.933. The van der Waals surface area contributed by atoms with Crippen molar-refractivity contribution < 1.29 is 18.0 Å². The van der Waals surface area contributed by atoms with E-state index >= 15 is 0 Å². The minimum atomic E-state index is -3.75. The molecule has 0 aromatic heterocycles. The third-order valence-corrected chi connectivity index (χ3v) is 7.15. The summed E-state index contributed by atoms with van der Waals surface area (Å²) in [6, 6.07) is 15.3. The first kappa shape index (κ1) is 22.8. The lowest BCUT2D eigenvalue weighted by molar-refractivity contribution is -0.134. The van der Waals surface area contributed by atoms with Crippen molar-refractivity contribution in [2.45, 2.75) is 30.2 Å². The molecule has 1 fully saturated rings. The van der Waals surface area contributed by atoms with E-state index in [2.05, 4.69) is 15.0 Å². The smallest absolute Gasteiger partial charge is 0.319 e. The number of hydrogen-bond acceptors (Lipinski definition) is 5. The zero-order chi connectivity index (χ0) is 23.4. The van der Waals surface area contributed by atoms with E-state index in [4.69, 9.17) is 0 Å². The van der Waals surface area contributed by atoms with Crippen LogP contribution in [0.4, 0.5) is 10.5 Å². The van der Waals surface area contributed by atoms with Crippen LogP contribution in [0.15, 0.2) is 63.9 Å². The Kier molecular flexibility index (Phi) is 6.64. The highest BCUT2D eigenvalue weighted by molar-refractivity contribution is 7.90. The van der Waals surface area contributed by atoms with E-state index in [1.807, 2.05) is 18.2 Å². The number of fused-ring (bicyclic) bond motifs is 1. The van der Waals surface area contributed by atoms with Crippen molar-refractivity contribution >= 4 is 33.5 Å². The molecule has 0 saturated carbocycles. The van der Waals surface area contributed by atoms with Gasteiger partial charge in [-0.25, -0.2) is 4.79 Å². The molecule has 1 atom stereocenters. The molecule has 10 heteroatoms. The lowest BCUT2D eigenvalue weighted by atomic mass is 10.0. The SMILES string of the molecule is CN(CC(=O)N1CCCC[C@@H]1CNC(=O)Nc1ccccc1)C1=NS(=O)(=O)c2ccccc21. The number of likely N-dealkylation sites (N-methyl/N-ethyl adjacent to an activating group) is 1. The summed E-state index contributed by atoms with van der Waals surface area (Å²) in [5, 5.41) is 5.63. The lowest BCUT2D eigenvalue weighted by Gasteiger charge is -2.37.